The van der Waals surface area contributed by atoms with Crippen LogP contribution in [0.4, 0.5) is 0 Å². The van der Waals surface area contributed by atoms with E-state index in [2.05, 4.69) is 0 Å². The highest BCUT2D eigenvalue weighted by Crippen LogP contribution is 2.19. The quantitative estimate of drug-likeness (QED) is 0.562. The Kier molecular flexibility index (Phi) is 2.59. The molecule has 1 aliphatic rings. The minimum Gasteiger partial charge on any atom is -0.343 e. The molecule has 1 fully saturated rings. The van der Waals surface area contributed by atoms with Gasteiger partial charge in [-0.1, -0.05) is 0 Å². The van der Waals surface area contributed by atoms with E-state index in [1.54, 1.807) is 0 Å². The van der Waals surface area contributed by atoms with Crippen molar-refractivity contribution in [2.75, 3.05) is 13.2 Å². The highest BCUT2D eigenvalue weighted by molar-refractivity contribution is 6.38. The lowest BCUT2D eigenvalue weighted by Gasteiger charge is -2.31. The Morgan fingerprint density at radius 3 is 2.17 bits per heavy atom. The van der Waals surface area contributed by atoms with Crippen LogP contribution in [0.25, 0.3) is 0 Å². The molecule has 1 heterocycles. The van der Waals surface area contributed by atoms with Gasteiger partial charge in [-0.2, -0.15) is 0 Å². The summed E-state index contributed by atoms with van der Waals surface area (Å²) in [6, 6.07) is 0. The summed E-state index contributed by atoms with van der Waals surface area (Å²) < 4.78 is 10.2. The fraction of sp³-hybridized carbons (Fsp3) is 0.750. The van der Waals surface area contributed by atoms with Crippen molar-refractivity contribution in [2.24, 2.45) is 0 Å². The number of rotatable bonds is 2. The minimum absolute atomic E-state index is 0.468. The van der Waals surface area contributed by atoms with Crippen LogP contribution >= 0.6 is 0 Å². The van der Waals surface area contributed by atoms with Gasteiger partial charge in [-0.05, 0) is 13.3 Å². The molecule has 1 aliphatic heterocycles. The molecule has 1 saturated heterocycles. The third-order valence-electron chi connectivity index (χ3n) is 1.78. The van der Waals surface area contributed by atoms with Crippen LogP contribution in [0.2, 0.25) is 0 Å². The summed E-state index contributed by atoms with van der Waals surface area (Å²) in [7, 11) is 0. The highest BCUT2D eigenvalue weighted by atomic mass is 16.7. The largest absolute Gasteiger partial charge is 0.343 e. The van der Waals surface area contributed by atoms with E-state index in [0.717, 1.165) is 6.42 Å². The average molecular weight is 172 g/mol. The molecule has 12 heavy (non-hydrogen) atoms. The smallest absolute Gasteiger partial charge is 0.256 e. The molecule has 0 saturated carbocycles. The zero-order valence-electron chi connectivity index (χ0n) is 7.25. The molecule has 4 nitrogen and oxygen atoms in total. The van der Waals surface area contributed by atoms with Crippen molar-refractivity contribution in [3.8, 4) is 0 Å². The number of hydrogen-bond donors (Lipinski definition) is 0. The van der Waals surface area contributed by atoms with Crippen LogP contribution in [0.5, 0.6) is 0 Å². The van der Waals surface area contributed by atoms with E-state index >= 15 is 0 Å². The monoisotopic (exact) mass is 172 g/mol. The first kappa shape index (κ1) is 9.35. The van der Waals surface area contributed by atoms with Crippen molar-refractivity contribution < 1.29 is 19.1 Å². The van der Waals surface area contributed by atoms with Crippen molar-refractivity contribution in [1.82, 2.24) is 0 Å². The predicted molar refractivity (Wildman–Crippen MR) is 40.6 cm³/mol. The van der Waals surface area contributed by atoms with Gasteiger partial charge in [0.05, 0.1) is 13.2 Å². The fourth-order valence-corrected chi connectivity index (χ4v) is 1.09. The van der Waals surface area contributed by atoms with Gasteiger partial charge in [0.1, 0.15) is 0 Å². The van der Waals surface area contributed by atoms with Gasteiger partial charge in [0.15, 0.2) is 0 Å². The molecular formula is C8H12O4. The highest BCUT2D eigenvalue weighted by Gasteiger charge is 2.39. The zero-order chi connectivity index (χ0) is 9.19. The molecule has 0 atom stereocenters. The van der Waals surface area contributed by atoms with E-state index in [9.17, 15) is 9.59 Å². The summed E-state index contributed by atoms with van der Waals surface area (Å²) >= 11 is 0. The molecule has 0 amide bonds. The normalized spacial score (nSPS) is 21.8. The van der Waals surface area contributed by atoms with Crippen molar-refractivity contribution >= 4 is 11.6 Å². The second-order valence-electron chi connectivity index (χ2n) is 2.88. The summed E-state index contributed by atoms with van der Waals surface area (Å²) in [6.07, 6.45) is 0.765. The molecule has 1 rings (SSSR count). The van der Waals surface area contributed by atoms with Gasteiger partial charge in [0.25, 0.3) is 5.78 Å². The Labute approximate surface area is 70.8 Å². The Morgan fingerprint density at radius 2 is 1.75 bits per heavy atom. The topological polar surface area (TPSA) is 52.6 Å². The molecule has 0 radical (unpaired) electrons. The maximum absolute atomic E-state index is 11.2. The van der Waals surface area contributed by atoms with Crippen LogP contribution in [0.3, 0.4) is 0 Å². The molecule has 0 unspecified atom stereocenters. The number of ketones is 2. The number of Topliss-reactive ketones (excluding diaryl/α,β-unsaturated/α-hetero) is 2. The first-order chi connectivity index (χ1) is 5.56. The van der Waals surface area contributed by atoms with Crippen molar-refractivity contribution in [3.63, 3.8) is 0 Å². The summed E-state index contributed by atoms with van der Waals surface area (Å²) in [5, 5.41) is 0. The van der Waals surface area contributed by atoms with Gasteiger partial charge in [-0.3, -0.25) is 9.59 Å². The Balaban J connectivity index is 2.69. The first-order valence-corrected chi connectivity index (χ1v) is 3.89. The molecule has 0 N–H and O–H groups in total. The van der Waals surface area contributed by atoms with Crippen molar-refractivity contribution in [2.45, 2.75) is 26.1 Å². The predicted octanol–water partition coefficient (Wildman–Crippen LogP) is 0.298. The number of hydrogen-bond acceptors (Lipinski definition) is 4. The molecule has 68 valence electrons. The van der Waals surface area contributed by atoms with Crippen LogP contribution < -0.4 is 0 Å². The van der Waals surface area contributed by atoms with Crippen LogP contribution in [-0.4, -0.2) is 30.6 Å². The van der Waals surface area contributed by atoms with Gasteiger partial charge >= 0.3 is 0 Å². The lowest BCUT2D eigenvalue weighted by atomic mass is 10.1. The SMILES string of the molecule is CC(=O)C(=O)C1(C)OCCCO1. The van der Waals surface area contributed by atoms with Gasteiger partial charge in [0, 0.05) is 6.92 Å². The molecule has 0 aromatic carbocycles. The zero-order valence-corrected chi connectivity index (χ0v) is 7.25. The Hall–Kier alpha value is -0.740. The first-order valence-electron chi connectivity index (χ1n) is 3.89. The minimum atomic E-state index is -1.33. The summed E-state index contributed by atoms with van der Waals surface area (Å²) in [4.78, 5) is 22.0. The summed E-state index contributed by atoms with van der Waals surface area (Å²) in [5.74, 6) is -2.47. The van der Waals surface area contributed by atoms with E-state index in [1.807, 2.05) is 0 Å². The van der Waals surface area contributed by atoms with E-state index in [0.29, 0.717) is 13.2 Å². The standard InChI is InChI=1S/C8H12O4/c1-6(9)7(10)8(2)11-4-3-5-12-8/h3-5H2,1-2H3. The third-order valence-corrected chi connectivity index (χ3v) is 1.78. The number of ether oxygens (including phenoxy) is 2. The van der Waals surface area contributed by atoms with E-state index in [1.165, 1.54) is 13.8 Å². The summed E-state index contributed by atoms with van der Waals surface area (Å²) in [6.45, 7) is 3.63. The van der Waals surface area contributed by atoms with Crippen LogP contribution in [0.1, 0.15) is 20.3 Å². The maximum Gasteiger partial charge on any atom is 0.256 e. The van der Waals surface area contributed by atoms with Gasteiger partial charge in [0.2, 0.25) is 11.6 Å². The van der Waals surface area contributed by atoms with E-state index in [4.69, 9.17) is 9.47 Å². The van der Waals surface area contributed by atoms with Gasteiger partial charge in [-0.25, -0.2) is 0 Å². The molecule has 0 bridgehead atoms. The lowest BCUT2D eigenvalue weighted by molar-refractivity contribution is -0.242. The Bertz CT molecular complexity index is 203. The van der Waals surface area contributed by atoms with E-state index < -0.39 is 17.4 Å². The fourth-order valence-electron chi connectivity index (χ4n) is 1.09. The lowest BCUT2D eigenvalue weighted by Crippen LogP contribution is -2.47. The van der Waals surface area contributed by atoms with Crippen LogP contribution in [0.15, 0.2) is 0 Å². The molecular weight excluding hydrogens is 160 g/mol. The number of carbonyl (C=O) groups is 2. The van der Waals surface area contributed by atoms with Crippen LogP contribution in [0, 0.1) is 0 Å². The molecule has 0 aromatic heterocycles. The second kappa shape index (κ2) is 3.33. The van der Waals surface area contributed by atoms with Gasteiger partial charge in [-0.15, -0.1) is 0 Å². The van der Waals surface area contributed by atoms with E-state index in [-0.39, 0.29) is 0 Å². The van der Waals surface area contributed by atoms with Crippen molar-refractivity contribution in [1.29, 1.82) is 0 Å². The molecule has 4 heteroatoms. The third kappa shape index (κ3) is 1.70. The van der Waals surface area contributed by atoms with Crippen LogP contribution in [-0.2, 0) is 19.1 Å². The average Bonchev–Trinajstić information content (AvgIpc) is 2.04. The molecule has 0 aromatic rings. The Morgan fingerprint density at radius 1 is 1.25 bits per heavy atom. The molecule has 0 spiro atoms. The molecule has 0 aliphatic carbocycles. The second-order valence-corrected chi connectivity index (χ2v) is 2.88. The van der Waals surface area contributed by atoms with Crippen molar-refractivity contribution in [3.05, 3.63) is 0 Å². The number of carbonyl (C=O) groups excluding carboxylic acids is 2. The van der Waals surface area contributed by atoms with Gasteiger partial charge < -0.3 is 9.47 Å². The maximum atomic E-state index is 11.2. The summed E-state index contributed by atoms with van der Waals surface area (Å²) in [5.41, 5.74) is 0.